The third kappa shape index (κ3) is 3.27. The van der Waals surface area contributed by atoms with Gasteiger partial charge in [-0.25, -0.2) is 4.79 Å². The van der Waals surface area contributed by atoms with Crippen LogP contribution < -0.4 is 10.6 Å². The number of carbonyl (C=O) groups is 1. The molecule has 1 aromatic rings. The summed E-state index contributed by atoms with van der Waals surface area (Å²) in [6, 6.07) is 4.67. The maximum absolute atomic E-state index is 11.0. The van der Waals surface area contributed by atoms with Gasteiger partial charge in [0.15, 0.2) is 6.10 Å². The largest absolute Gasteiger partial charge is 0.477 e. The van der Waals surface area contributed by atoms with Gasteiger partial charge in [0.1, 0.15) is 5.75 Å². The van der Waals surface area contributed by atoms with Crippen LogP contribution in [-0.4, -0.2) is 12.1 Å². The van der Waals surface area contributed by atoms with Gasteiger partial charge in [0.25, 0.3) is 0 Å². The first kappa shape index (κ1) is 12.1. The van der Waals surface area contributed by atoms with E-state index in [2.05, 4.69) is 4.84 Å². The van der Waals surface area contributed by atoms with Gasteiger partial charge in [-0.2, -0.15) is 5.90 Å². The molecule has 0 spiro atoms. The molecular formula is C9H9Cl2NO3. The van der Waals surface area contributed by atoms with E-state index in [-0.39, 0.29) is 0 Å². The van der Waals surface area contributed by atoms with Gasteiger partial charge >= 0.3 is 5.97 Å². The van der Waals surface area contributed by atoms with E-state index >= 15 is 0 Å². The van der Waals surface area contributed by atoms with Crippen LogP contribution in [-0.2, 0) is 9.63 Å². The van der Waals surface area contributed by atoms with Crippen LogP contribution in [0.5, 0.6) is 5.75 Å². The lowest BCUT2D eigenvalue weighted by atomic mass is 10.3. The number of halogens is 2. The lowest BCUT2D eigenvalue weighted by molar-refractivity contribution is -0.151. The number of carbonyl (C=O) groups excluding carboxylic acids is 1. The van der Waals surface area contributed by atoms with E-state index in [0.717, 1.165) is 0 Å². The number of benzene rings is 1. The van der Waals surface area contributed by atoms with Crippen molar-refractivity contribution in [1.29, 1.82) is 0 Å². The van der Waals surface area contributed by atoms with Crippen molar-refractivity contribution in [3.8, 4) is 5.75 Å². The van der Waals surface area contributed by atoms with E-state index in [1.807, 2.05) is 0 Å². The highest BCUT2D eigenvalue weighted by Gasteiger charge is 2.16. The Labute approximate surface area is 96.8 Å². The minimum absolute atomic E-state index is 0.319. The third-order valence-electron chi connectivity index (χ3n) is 1.65. The van der Waals surface area contributed by atoms with Gasteiger partial charge in [-0.05, 0) is 25.1 Å². The molecule has 0 aliphatic rings. The van der Waals surface area contributed by atoms with Crippen LogP contribution in [0.25, 0.3) is 0 Å². The SMILES string of the molecule is C[C@H](Oc1ccc(Cl)cc1Cl)C(=O)ON. The molecule has 0 aromatic heterocycles. The fraction of sp³-hybridized carbons (Fsp3) is 0.222. The number of rotatable bonds is 3. The summed E-state index contributed by atoms with van der Waals surface area (Å²) in [5, 5.41) is 0.806. The van der Waals surface area contributed by atoms with E-state index in [1.54, 1.807) is 12.1 Å². The molecule has 1 aromatic carbocycles. The Balaban J connectivity index is 2.76. The molecule has 0 saturated carbocycles. The summed E-state index contributed by atoms with van der Waals surface area (Å²) in [4.78, 5) is 15.0. The fourth-order valence-electron chi connectivity index (χ4n) is 0.905. The van der Waals surface area contributed by atoms with Gasteiger partial charge in [-0.15, -0.1) is 0 Å². The van der Waals surface area contributed by atoms with Gasteiger partial charge in [-0.1, -0.05) is 23.2 Å². The first-order valence-corrected chi connectivity index (χ1v) is 4.82. The molecule has 0 radical (unpaired) electrons. The summed E-state index contributed by atoms with van der Waals surface area (Å²) < 4.78 is 5.21. The molecule has 0 amide bonds. The zero-order chi connectivity index (χ0) is 11.4. The second kappa shape index (κ2) is 5.21. The highest BCUT2D eigenvalue weighted by atomic mass is 35.5. The molecule has 1 rings (SSSR count). The zero-order valence-corrected chi connectivity index (χ0v) is 9.38. The van der Waals surface area contributed by atoms with E-state index in [4.69, 9.17) is 33.8 Å². The third-order valence-corrected chi connectivity index (χ3v) is 2.18. The predicted octanol–water partition coefficient (Wildman–Crippen LogP) is 2.18. The van der Waals surface area contributed by atoms with E-state index in [9.17, 15) is 4.79 Å². The average Bonchev–Trinajstić information content (AvgIpc) is 2.20. The van der Waals surface area contributed by atoms with E-state index in [0.29, 0.717) is 15.8 Å². The van der Waals surface area contributed by atoms with Gasteiger partial charge in [0, 0.05) is 5.02 Å². The Morgan fingerprint density at radius 1 is 1.47 bits per heavy atom. The van der Waals surface area contributed by atoms with Crippen LogP contribution in [0.1, 0.15) is 6.92 Å². The molecule has 0 aliphatic carbocycles. The van der Waals surface area contributed by atoms with Crippen LogP contribution in [0, 0.1) is 0 Å². The Morgan fingerprint density at radius 2 is 2.13 bits per heavy atom. The quantitative estimate of drug-likeness (QED) is 0.835. The van der Waals surface area contributed by atoms with Crippen LogP contribution in [0.15, 0.2) is 18.2 Å². The molecule has 0 bridgehead atoms. The Kier molecular flexibility index (Phi) is 4.20. The summed E-state index contributed by atoms with van der Waals surface area (Å²) >= 11 is 11.5. The lowest BCUT2D eigenvalue weighted by Gasteiger charge is -2.12. The number of nitrogens with two attached hydrogens (primary N) is 1. The maximum atomic E-state index is 11.0. The van der Waals surface area contributed by atoms with Crippen LogP contribution in [0.4, 0.5) is 0 Å². The monoisotopic (exact) mass is 249 g/mol. The smallest absolute Gasteiger partial charge is 0.365 e. The molecule has 4 nitrogen and oxygen atoms in total. The molecule has 0 saturated heterocycles. The molecule has 1 atom stereocenters. The Morgan fingerprint density at radius 3 is 2.67 bits per heavy atom. The summed E-state index contributed by atoms with van der Waals surface area (Å²) in [6.07, 6.45) is -0.825. The topological polar surface area (TPSA) is 61.5 Å². The Hall–Kier alpha value is -0.970. The van der Waals surface area contributed by atoms with Crippen molar-refractivity contribution in [2.75, 3.05) is 0 Å². The second-order valence-corrected chi connectivity index (χ2v) is 3.62. The van der Waals surface area contributed by atoms with Crippen LogP contribution in [0.2, 0.25) is 10.0 Å². The first-order valence-electron chi connectivity index (χ1n) is 4.07. The van der Waals surface area contributed by atoms with E-state index < -0.39 is 12.1 Å². The van der Waals surface area contributed by atoms with Gasteiger partial charge in [-0.3, -0.25) is 0 Å². The molecule has 15 heavy (non-hydrogen) atoms. The Bertz CT molecular complexity index is 370. The normalized spacial score (nSPS) is 12.0. The molecule has 0 fully saturated rings. The van der Waals surface area contributed by atoms with Crippen LogP contribution >= 0.6 is 23.2 Å². The zero-order valence-electron chi connectivity index (χ0n) is 7.87. The van der Waals surface area contributed by atoms with Crippen molar-refractivity contribution >= 4 is 29.2 Å². The molecule has 0 unspecified atom stereocenters. The molecule has 82 valence electrons. The molecule has 2 N–H and O–H groups in total. The van der Waals surface area contributed by atoms with Crippen molar-refractivity contribution in [3.05, 3.63) is 28.2 Å². The lowest BCUT2D eigenvalue weighted by Crippen LogP contribution is -2.28. The summed E-state index contributed by atoms with van der Waals surface area (Å²) in [6.45, 7) is 1.50. The van der Waals surface area contributed by atoms with Crippen molar-refractivity contribution < 1.29 is 14.4 Å². The minimum atomic E-state index is -0.825. The van der Waals surface area contributed by atoms with Gasteiger partial charge < -0.3 is 9.57 Å². The van der Waals surface area contributed by atoms with E-state index in [1.165, 1.54) is 13.0 Å². The average molecular weight is 250 g/mol. The fourth-order valence-corrected chi connectivity index (χ4v) is 1.36. The van der Waals surface area contributed by atoms with Crippen molar-refractivity contribution in [1.82, 2.24) is 0 Å². The molecule has 0 heterocycles. The standard InChI is InChI=1S/C9H9Cl2NO3/c1-5(9(13)15-12)14-8-3-2-6(10)4-7(8)11/h2-5H,12H2,1H3/t5-/m0/s1. The summed E-state index contributed by atoms with van der Waals surface area (Å²) in [5.74, 6) is 4.37. The van der Waals surface area contributed by atoms with Gasteiger partial charge in [0.05, 0.1) is 5.02 Å². The van der Waals surface area contributed by atoms with Crippen molar-refractivity contribution in [3.63, 3.8) is 0 Å². The number of ether oxygens (including phenoxy) is 1. The van der Waals surface area contributed by atoms with Gasteiger partial charge in [0.2, 0.25) is 0 Å². The summed E-state index contributed by atoms with van der Waals surface area (Å²) in [7, 11) is 0. The highest BCUT2D eigenvalue weighted by Crippen LogP contribution is 2.28. The number of hydrogen-bond acceptors (Lipinski definition) is 4. The molecular weight excluding hydrogens is 241 g/mol. The first-order chi connectivity index (χ1) is 7.04. The highest BCUT2D eigenvalue weighted by molar-refractivity contribution is 6.35. The predicted molar refractivity (Wildman–Crippen MR) is 56.8 cm³/mol. The summed E-state index contributed by atoms with van der Waals surface area (Å²) in [5.41, 5.74) is 0. The molecule has 6 heteroatoms. The second-order valence-electron chi connectivity index (χ2n) is 2.77. The maximum Gasteiger partial charge on any atom is 0.365 e. The molecule has 0 aliphatic heterocycles. The van der Waals surface area contributed by atoms with Crippen molar-refractivity contribution in [2.45, 2.75) is 13.0 Å². The van der Waals surface area contributed by atoms with Crippen LogP contribution in [0.3, 0.4) is 0 Å². The van der Waals surface area contributed by atoms with Crippen molar-refractivity contribution in [2.24, 2.45) is 5.90 Å². The minimum Gasteiger partial charge on any atom is -0.477 e. The number of hydrogen-bond donors (Lipinski definition) is 1.